The van der Waals surface area contributed by atoms with Crippen LogP contribution in [0.2, 0.25) is 0 Å². The molecule has 0 saturated heterocycles. The van der Waals surface area contributed by atoms with Gasteiger partial charge in [-0.05, 0) is 85.5 Å². The number of fused-ring (bicyclic) bond motifs is 7. The minimum Gasteiger partial charge on any atom is -0.331 e. The maximum atomic E-state index is 13.6. The van der Waals surface area contributed by atoms with Crippen molar-refractivity contribution >= 4 is 33.5 Å². The molecule has 31 heavy (non-hydrogen) atoms. The summed E-state index contributed by atoms with van der Waals surface area (Å²) in [6.45, 7) is 4.70. The minimum absolute atomic E-state index is 0.0780. The van der Waals surface area contributed by atoms with Crippen LogP contribution < -0.4 is 5.32 Å². The predicted molar refractivity (Wildman–Crippen MR) is 123 cm³/mol. The Morgan fingerprint density at radius 1 is 1.13 bits per heavy atom. The van der Waals surface area contributed by atoms with Gasteiger partial charge in [-0.2, -0.15) is 0 Å². The first-order chi connectivity index (χ1) is 14.9. The van der Waals surface area contributed by atoms with E-state index in [2.05, 4.69) is 25.2 Å². The molecule has 4 aliphatic carbocycles. The maximum Gasteiger partial charge on any atom is 0.187 e. The first-order valence-electron chi connectivity index (χ1n) is 11.6. The SMILES string of the molecule is C[C@]12CCc3sc(Nc4cccc(F)c4)nc3C1=CC[C@@H]1[C@@H]2CC[C@]2(C)C(=O)CC[C@@H]12. The Hall–Kier alpha value is -2.01. The largest absolute Gasteiger partial charge is 0.331 e. The van der Waals surface area contributed by atoms with Crippen LogP contribution in [0.5, 0.6) is 0 Å². The lowest BCUT2D eigenvalue weighted by atomic mass is 9.48. The zero-order valence-corrected chi connectivity index (χ0v) is 19.0. The van der Waals surface area contributed by atoms with Crippen molar-refractivity contribution < 1.29 is 9.18 Å². The number of ketones is 1. The molecule has 5 atom stereocenters. The van der Waals surface area contributed by atoms with E-state index in [-0.39, 0.29) is 16.6 Å². The van der Waals surface area contributed by atoms with Gasteiger partial charge in [0.25, 0.3) is 0 Å². The summed E-state index contributed by atoms with van der Waals surface area (Å²) >= 11 is 1.70. The van der Waals surface area contributed by atoms with Gasteiger partial charge in [0.15, 0.2) is 5.13 Å². The molecule has 4 aliphatic rings. The second-order valence-corrected chi connectivity index (χ2v) is 11.6. The zero-order chi connectivity index (χ0) is 21.4. The Kier molecular flexibility index (Phi) is 4.28. The molecule has 0 spiro atoms. The fourth-order valence-corrected chi connectivity index (χ4v) is 8.40. The van der Waals surface area contributed by atoms with Crippen molar-refractivity contribution in [3.05, 3.63) is 46.7 Å². The van der Waals surface area contributed by atoms with Crippen LogP contribution in [0, 0.1) is 34.4 Å². The number of hydrogen-bond donors (Lipinski definition) is 1. The number of rotatable bonds is 2. The number of allylic oxidation sites excluding steroid dienone is 2. The molecule has 0 amide bonds. The van der Waals surface area contributed by atoms with Gasteiger partial charge in [0, 0.05) is 22.4 Å². The Morgan fingerprint density at radius 3 is 2.81 bits per heavy atom. The predicted octanol–water partition coefficient (Wildman–Crippen LogP) is 6.78. The molecular weight excluding hydrogens is 407 g/mol. The molecule has 6 rings (SSSR count). The summed E-state index contributed by atoms with van der Waals surface area (Å²) in [6, 6.07) is 6.56. The van der Waals surface area contributed by atoms with E-state index >= 15 is 0 Å². The van der Waals surface area contributed by atoms with E-state index in [0.717, 1.165) is 61.5 Å². The molecule has 2 saturated carbocycles. The second kappa shape index (κ2) is 6.74. The molecule has 5 heteroatoms. The Morgan fingerprint density at radius 2 is 1.97 bits per heavy atom. The Labute approximate surface area is 187 Å². The van der Waals surface area contributed by atoms with Crippen LogP contribution in [0.25, 0.3) is 5.57 Å². The van der Waals surface area contributed by atoms with Crippen LogP contribution in [0.3, 0.4) is 0 Å². The highest BCUT2D eigenvalue weighted by molar-refractivity contribution is 7.15. The van der Waals surface area contributed by atoms with E-state index in [0.29, 0.717) is 23.5 Å². The summed E-state index contributed by atoms with van der Waals surface area (Å²) < 4.78 is 13.6. The van der Waals surface area contributed by atoms with Crippen molar-refractivity contribution in [1.29, 1.82) is 0 Å². The zero-order valence-electron chi connectivity index (χ0n) is 18.2. The van der Waals surface area contributed by atoms with Crippen LogP contribution >= 0.6 is 11.3 Å². The monoisotopic (exact) mass is 436 g/mol. The number of halogens is 1. The van der Waals surface area contributed by atoms with Crippen LogP contribution in [0.4, 0.5) is 15.2 Å². The lowest BCUT2D eigenvalue weighted by molar-refractivity contribution is -0.131. The summed E-state index contributed by atoms with van der Waals surface area (Å²) in [4.78, 5) is 19.0. The van der Waals surface area contributed by atoms with Crippen LogP contribution in [-0.2, 0) is 11.2 Å². The van der Waals surface area contributed by atoms with Crippen LogP contribution in [0.15, 0.2) is 30.3 Å². The quantitative estimate of drug-likeness (QED) is 0.564. The van der Waals surface area contributed by atoms with Gasteiger partial charge in [-0.25, -0.2) is 9.37 Å². The van der Waals surface area contributed by atoms with Crippen molar-refractivity contribution in [1.82, 2.24) is 4.98 Å². The van der Waals surface area contributed by atoms with Crippen LogP contribution in [-0.4, -0.2) is 10.8 Å². The molecule has 0 aliphatic heterocycles. The number of nitrogens with zero attached hydrogens (tertiary/aromatic N) is 1. The molecule has 162 valence electrons. The summed E-state index contributed by atoms with van der Waals surface area (Å²) in [6.07, 6.45) is 9.82. The molecule has 3 nitrogen and oxygen atoms in total. The number of carbonyl (C=O) groups excluding carboxylic acids is 1. The van der Waals surface area contributed by atoms with Crippen molar-refractivity contribution in [3.63, 3.8) is 0 Å². The smallest absolute Gasteiger partial charge is 0.187 e. The van der Waals surface area contributed by atoms with Gasteiger partial charge < -0.3 is 5.32 Å². The number of Topliss-reactive ketones (excluding diaryl/α,β-unsaturated/α-hetero) is 1. The number of aryl methyl sites for hydroxylation is 1. The number of nitrogens with one attached hydrogen (secondary N) is 1. The van der Waals surface area contributed by atoms with E-state index in [1.54, 1.807) is 17.4 Å². The summed E-state index contributed by atoms with van der Waals surface area (Å²) in [5.41, 5.74) is 3.39. The Balaban J connectivity index is 1.33. The fraction of sp³-hybridized carbons (Fsp3) is 0.538. The van der Waals surface area contributed by atoms with Crippen molar-refractivity contribution in [3.8, 4) is 0 Å². The molecule has 2 aromatic rings. The second-order valence-electron chi connectivity index (χ2n) is 10.5. The molecule has 1 heterocycles. The highest BCUT2D eigenvalue weighted by Crippen LogP contribution is 2.65. The van der Waals surface area contributed by atoms with Gasteiger partial charge in [0.2, 0.25) is 0 Å². The van der Waals surface area contributed by atoms with E-state index in [1.165, 1.54) is 22.6 Å². The van der Waals surface area contributed by atoms with Gasteiger partial charge >= 0.3 is 0 Å². The molecule has 0 unspecified atom stereocenters. The third kappa shape index (κ3) is 2.81. The van der Waals surface area contributed by atoms with E-state index < -0.39 is 0 Å². The van der Waals surface area contributed by atoms with Gasteiger partial charge in [0.05, 0.1) is 5.69 Å². The lowest BCUT2D eigenvalue weighted by Crippen LogP contribution is -2.49. The first kappa shape index (κ1) is 19.7. The number of benzene rings is 1. The number of hydrogen-bond acceptors (Lipinski definition) is 4. The van der Waals surface area contributed by atoms with Crippen molar-refractivity contribution in [2.45, 2.75) is 58.8 Å². The van der Waals surface area contributed by atoms with E-state index in [9.17, 15) is 9.18 Å². The maximum absolute atomic E-state index is 13.6. The normalized spacial score (nSPS) is 36.2. The number of thiazole rings is 1. The number of anilines is 2. The summed E-state index contributed by atoms with van der Waals surface area (Å²) in [7, 11) is 0. The van der Waals surface area contributed by atoms with Crippen molar-refractivity contribution in [2.24, 2.45) is 28.6 Å². The molecule has 1 aromatic carbocycles. The molecule has 2 fully saturated rings. The van der Waals surface area contributed by atoms with Crippen LogP contribution in [0.1, 0.15) is 62.9 Å². The molecular formula is C26H29FN2OS. The number of carbonyl (C=O) groups is 1. The standard InChI is InChI=1S/C26H29FN2OS/c1-25-13-11-21-23(29-24(31-21)28-16-5-3-4-15(27)14-16)20(25)7-6-17-18-8-9-22(30)26(18,2)12-10-19(17)25/h3-5,7,14,17-19H,6,8-13H2,1-2H3,(H,28,29)/t17-,18-,19-,25+,26-/m0/s1. The molecule has 0 radical (unpaired) electrons. The molecule has 1 aromatic heterocycles. The average molecular weight is 437 g/mol. The van der Waals surface area contributed by atoms with Crippen molar-refractivity contribution in [2.75, 3.05) is 5.32 Å². The first-order valence-corrected chi connectivity index (χ1v) is 12.5. The molecule has 1 N–H and O–H groups in total. The fourth-order valence-electron chi connectivity index (χ4n) is 7.40. The Bertz CT molecular complexity index is 1110. The average Bonchev–Trinajstić information content (AvgIpc) is 3.28. The van der Waals surface area contributed by atoms with Gasteiger partial charge in [-0.15, -0.1) is 11.3 Å². The third-order valence-corrected chi connectivity index (χ3v) is 10.1. The minimum atomic E-state index is -0.241. The highest BCUT2D eigenvalue weighted by atomic mass is 32.1. The number of aromatic nitrogens is 1. The van der Waals surface area contributed by atoms with Gasteiger partial charge in [-0.3, -0.25) is 4.79 Å². The van der Waals surface area contributed by atoms with Gasteiger partial charge in [-0.1, -0.05) is 26.0 Å². The topological polar surface area (TPSA) is 42.0 Å². The summed E-state index contributed by atoms with van der Waals surface area (Å²) in [5, 5.41) is 4.16. The van der Waals surface area contributed by atoms with Gasteiger partial charge in [0.1, 0.15) is 11.6 Å². The van der Waals surface area contributed by atoms with E-state index in [1.807, 2.05) is 6.07 Å². The lowest BCUT2D eigenvalue weighted by Gasteiger charge is -2.55. The van der Waals surface area contributed by atoms with E-state index in [4.69, 9.17) is 4.98 Å². The summed E-state index contributed by atoms with van der Waals surface area (Å²) in [5.74, 6) is 2.09. The third-order valence-electron chi connectivity index (χ3n) is 9.07. The molecule has 0 bridgehead atoms. The highest BCUT2D eigenvalue weighted by Gasteiger charge is 2.58.